The Labute approximate surface area is 92.4 Å². The van der Waals surface area contributed by atoms with Crippen LogP contribution in [0.1, 0.15) is 6.42 Å². The molecule has 2 aromatic rings. The number of hydrogen-bond donors (Lipinski definition) is 2. The average Bonchev–Trinajstić information content (AvgIpc) is 2.97. The minimum absolute atomic E-state index is 0.530. The molecule has 1 fully saturated rings. The molecule has 3 rings (SSSR count). The lowest BCUT2D eigenvalue weighted by Gasteiger charge is -2.10. The summed E-state index contributed by atoms with van der Waals surface area (Å²) in [7, 11) is 0. The highest BCUT2D eigenvalue weighted by Gasteiger charge is 2.15. The summed E-state index contributed by atoms with van der Waals surface area (Å²) < 4.78 is 4.98. The van der Waals surface area contributed by atoms with E-state index in [1.165, 1.54) is 12.7 Å². The first-order valence-corrected chi connectivity index (χ1v) is 5.43. The minimum atomic E-state index is 0.530. The zero-order chi connectivity index (χ0) is 10.8. The van der Waals surface area contributed by atoms with Crippen molar-refractivity contribution in [2.24, 2.45) is 5.92 Å². The van der Waals surface area contributed by atoms with Gasteiger partial charge in [0.1, 0.15) is 17.5 Å². The quantitative estimate of drug-likeness (QED) is 0.789. The van der Waals surface area contributed by atoms with Crippen LogP contribution in [0.5, 0.6) is 0 Å². The number of anilines is 1. The molecule has 0 aliphatic carbocycles. The fraction of sp³-hybridized carbons (Fsp3) is 0.500. The van der Waals surface area contributed by atoms with Crippen molar-refractivity contribution in [1.82, 2.24) is 20.4 Å². The van der Waals surface area contributed by atoms with Crippen LogP contribution in [0.3, 0.4) is 0 Å². The first kappa shape index (κ1) is 9.53. The van der Waals surface area contributed by atoms with E-state index in [1.807, 2.05) is 0 Å². The second-order valence-electron chi connectivity index (χ2n) is 4.01. The Morgan fingerprint density at radius 1 is 1.50 bits per heavy atom. The van der Waals surface area contributed by atoms with Crippen LogP contribution in [0.25, 0.3) is 11.1 Å². The molecule has 6 heteroatoms. The summed E-state index contributed by atoms with van der Waals surface area (Å²) in [5, 5.41) is 11.2. The van der Waals surface area contributed by atoms with Crippen LogP contribution in [-0.4, -0.2) is 34.8 Å². The van der Waals surface area contributed by atoms with Gasteiger partial charge in [0.2, 0.25) is 0 Å². The predicted octanol–water partition coefficient (Wildman–Crippen LogP) is 0.639. The summed E-state index contributed by atoms with van der Waals surface area (Å²) in [6.07, 6.45) is 4.35. The van der Waals surface area contributed by atoms with E-state index in [2.05, 4.69) is 25.8 Å². The fourth-order valence-electron chi connectivity index (χ4n) is 1.97. The molecule has 1 unspecified atom stereocenters. The van der Waals surface area contributed by atoms with Crippen molar-refractivity contribution in [3.8, 4) is 0 Å². The Balaban J connectivity index is 1.75. The molecule has 6 nitrogen and oxygen atoms in total. The molecule has 16 heavy (non-hydrogen) atoms. The maximum atomic E-state index is 4.98. The molecule has 1 aliphatic heterocycles. The van der Waals surface area contributed by atoms with Gasteiger partial charge in [0.05, 0.1) is 6.20 Å². The smallest absolute Gasteiger partial charge is 0.262 e. The molecule has 0 amide bonds. The number of hydrogen-bond acceptors (Lipinski definition) is 6. The van der Waals surface area contributed by atoms with E-state index < -0.39 is 0 Å². The van der Waals surface area contributed by atoms with Gasteiger partial charge in [0, 0.05) is 6.54 Å². The van der Waals surface area contributed by atoms with Crippen LogP contribution in [0.15, 0.2) is 17.0 Å². The molecule has 1 atom stereocenters. The topological polar surface area (TPSA) is 75.9 Å². The normalized spacial score (nSPS) is 20.4. The highest BCUT2D eigenvalue weighted by atomic mass is 16.5. The summed E-state index contributed by atoms with van der Waals surface area (Å²) in [5.41, 5.74) is 0.530. The van der Waals surface area contributed by atoms with E-state index in [-0.39, 0.29) is 0 Å². The van der Waals surface area contributed by atoms with Gasteiger partial charge in [-0.3, -0.25) is 0 Å². The predicted molar refractivity (Wildman–Crippen MR) is 59.1 cm³/mol. The van der Waals surface area contributed by atoms with E-state index in [4.69, 9.17) is 4.52 Å². The maximum absolute atomic E-state index is 4.98. The third-order valence-electron chi connectivity index (χ3n) is 2.89. The summed E-state index contributed by atoms with van der Waals surface area (Å²) >= 11 is 0. The van der Waals surface area contributed by atoms with E-state index in [0.29, 0.717) is 11.6 Å². The van der Waals surface area contributed by atoms with Crippen molar-refractivity contribution < 1.29 is 4.52 Å². The summed E-state index contributed by atoms with van der Waals surface area (Å²) in [4.78, 5) is 8.19. The van der Waals surface area contributed by atoms with Gasteiger partial charge < -0.3 is 15.2 Å². The molecule has 0 bridgehead atoms. The molecule has 1 saturated heterocycles. The van der Waals surface area contributed by atoms with Crippen molar-refractivity contribution in [3.05, 3.63) is 12.5 Å². The van der Waals surface area contributed by atoms with E-state index in [0.717, 1.165) is 30.8 Å². The molecule has 0 aromatic carbocycles. The lowest BCUT2D eigenvalue weighted by molar-refractivity contribution is 0.448. The van der Waals surface area contributed by atoms with Crippen LogP contribution in [0, 0.1) is 5.92 Å². The largest absolute Gasteiger partial charge is 0.369 e. The SMILES string of the molecule is c1nc(NCC2CCNC2)c2cnoc2n1. The number of nitrogens with one attached hydrogen (secondary N) is 2. The average molecular weight is 219 g/mol. The molecule has 0 saturated carbocycles. The van der Waals surface area contributed by atoms with Crippen molar-refractivity contribution >= 4 is 16.9 Å². The fourth-order valence-corrected chi connectivity index (χ4v) is 1.97. The van der Waals surface area contributed by atoms with Crippen LogP contribution in [-0.2, 0) is 0 Å². The van der Waals surface area contributed by atoms with E-state index in [1.54, 1.807) is 6.20 Å². The summed E-state index contributed by atoms with van der Waals surface area (Å²) in [6, 6.07) is 0. The number of fused-ring (bicyclic) bond motifs is 1. The second kappa shape index (κ2) is 4.05. The van der Waals surface area contributed by atoms with Gasteiger partial charge in [0.15, 0.2) is 0 Å². The van der Waals surface area contributed by atoms with Crippen molar-refractivity contribution in [1.29, 1.82) is 0 Å². The third-order valence-corrected chi connectivity index (χ3v) is 2.89. The van der Waals surface area contributed by atoms with Crippen LogP contribution in [0.4, 0.5) is 5.82 Å². The third kappa shape index (κ3) is 1.71. The number of aromatic nitrogens is 3. The summed E-state index contributed by atoms with van der Waals surface area (Å²) in [5.74, 6) is 1.48. The number of rotatable bonds is 3. The van der Waals surface area contributed by atoms with Crippen LogP contribution >= 0.6 is 0 Å². The Kier molecular flexibility index (Phi) is 2.41. The molecule has 1 aliphatic rings. The van der Waals surface area contributed by atoms with E-state index >= 15 is 0 Å². The van der Waals surface area contributed by atoms with Crippen molar-refractivity contribution in [3.63, 3.8) is 0 Å². The van der Waals surface area contributed by atoms with Gasteiger partial charge in [-0.05, 0) is 25.4 Å². The maximum Gasteiger partial charge on any atom is 0.262 e. The van der Waals surface area contributed by atoms with Gasteiger partial charge >= 0.3 is 0 Å². The van der Waals surface area contributed by atoms with Crippen LogP contribution < -0.4 is 10.6 Å². The second-order valence-corrected chi connectivity index (χ2v) is 4.01. The van der Waals surface area contributed by atoms with E-state index in [9.17, 15) is 0 Å². The molecular formula is C10H13N5O. The number of nitrogens with zero attached hydrogens (tertiary/aromatic N) is 3. The Bertz CT molecular complexity index is 477. The van der Waals surface area contributed by atoms with Gasteiger partial charge in [0.25, 0.3) is 5.71 Å². The first-order chi connectivity index (χ1) is 7.93. The van der Waals surface area contributed by atoms with Gasteiger partial charge in [-0.1, -0.05) is 5.16 Å². The van der Waals surface area contributed by atoms with Crippen LogP contribution in [0.2, 0.25) is 0 Å². The molecular weight excluding hydrogens is 206 g/mol. The van der Waals surface area contributed by atoms with Gasteiger partial charge in [-0.2, -0.15) is 4.98 Å². The monoisotopic (exact) mass is 219 g/mol. The zero-order valence-electron chi connectivity index (χ0n) is 8.81. The van der Waals surface area contributed by atoms with Crippen molar-refractivity contribution in [2.45, 2.75) is 6.42 Å². The Morgan fingerprint density at radius 2 is 2.50 bits per heavy atom. The first-order valence-electron chi connectivity index (χ1n) is 5.43. The highest BCUT2D eigenvalue weighted by Crippen LogP contribution is 2.18. The Morgan fingerprint density at radius 3 is 3.38 bits per heavy atom. The molecule has 2 aromatic heterocycles. The summed E-state index contributed by atoms with van der Waals surface area (Å²) in [6.45, 7) is 3.11. The molecule has 2 N–H and O–H groups in total. The lowest BCUT2D eigenvalue weighted by Crippen LogP contribution is -2.17. The zero-order valence-corrected chi connectivity index (χ0v) is 8.81. The van der Waals surface area contributed by atoms with Crippen molar-refractivity contribution in [2.75, 3.05) is 25.0 Å². The molecule has 0 spiro atoms. The molecule has 84 valence electrons. The molecule has 3 heterocycles. The standard InChI is InChI=1S/C10H13N5O/c1-2-11-3-7(1)4-12-9-8-5-15-16-10(8)14-6-13-9/h5-7,11H,1-4H2,(H,12,13,14). The van der Waals surface area contributed by atoms with Gasteiger partial charge in [-0.25, -0.2) is 4.98 Å². The van der Waals surface area contributed by atoms with Gasteiger partial charge in [-0.15, -0.1) is 0 Å². The Hall–Kier alpha value is -1.69. The highest BCUT2D eigenvalue weighted by molar-refractivity contribution is 5.84. The lowest BCUT2D eigenvalue weighted by atomic mass is 10.1. The minimum Gasteiger partial charge on any atom is -0.369 e. The molecule has 0 radical (unpaired) electrons.